The van der Waals surface area contributed by atoms with Gasteiger partial charge in [-0.1, -0.05) is 19.9 Å². The number of anilines is 1. The third-order valence-corrected chi connectivity index (χ3v) is 3.64. The van der Waals surface area contributed by atoms with Gasteiger partial charge in [0, 0.05) is 11.8 Å². The van der Waals surface area contributed by atoms with Crippen LogP contribution in [0.1, 0.15) is 38.7 Å². The predicted molar refractivity (Wildman–Crippen MR) is 80.9 cm³/mol. The number of benzene rings is 1. The standard InChI is InChI=1S/C16H24N2O2/c1-11(2)6-9-20-14-10-13(5-4-12(14)3)18-15(19)16(17)7-8-16/h4-5,10-11H,6-9,17H2,1-3H3,(H,18,19). The van der Waals surface area contributed by atoms with Gasteiger partial charge in [-0.15, -0.1) is 0 Å². The molecule has 0 radical (unpaired) electrons. The van der Waals surface area contributed by atoms with Gasteiger partial charge in [-0.05, 0) is 43.7 Å². The summed E-state index contributed by atoms with van der Waals surface area (Å²) in [5.74, 6) is 1.34. The first-order valence-electron chi connectivity index (χ1n) is 7.24. The first kappa shape index (κ1) is 14.9. The second-order valence-electron chi connectivity index (χ2n) is 6.12. The zero-order chi connectivity index (χ0) is 14.8. The molecule has 20 heavy (non-hydrogen) atoms. The average Bonchev–Trinajstić information content (AvgIpc) is 3.12. The molecule has 0 saturated heterocycles. The van der Waals surface area contributed by atoms with Gasteiger partial charge in [-0.3, -0.25) is 4.79 Å². The molecule has 1 amide bonds. The van der Waals surface area contributed by atoms with E-state index in [4.69, 9.17) is 10.5 Å². The Morgan fingerprint density at radius 3 is 2.75 bits per heavy atom. The summed E-state index contributed by atoms with van der Waals surface area (Å²) in [7, 11) is 0. The van der Waals surface area contributed by atoms with Gasteiger partial charge in [0.1, 0.15) is 5.75 Å². The van der Waals surface area contributed by atoms with Crippen molar-refractivity contribution in [2.24, 2.45) is 11.7 Å². The number of hydrogen-bond acceptors (Lipinski definition) is 3. The van der Waals surface area contributed by atoms with Crippen molar-refractivity contribution < 1.29 is 9.53 Å². The second kappa shape index (κ2) is 5.83. The molecule has 0 atom stereocenters. The van der Waals surface area contributed by atoms with Gasteiger partial charge in [-0.2, -0.15) is 0 Å². The third kappa shape index (κ3) is 3.73. The van der Waals surface area contributed by atoms with Crippen LogP contribution >= 0.6 is 0 Å². The smallest absolute Gasteiger partial charge is 0.244 e. The number of carbonyl (C=O) groups is 1. The zero-order valence-corrected chi connectivity index (χ0v) is 12.5. The van der Waals surface area contributed by atoms with Crippen molar-refractivity contribution in [2.75, 3.05) is 11.9 Å². The minimum absolute atomic E-state index is 0.102. The number of amides is 1. The van der Waals surface area contributed by atoms with E-state index in [1.165, 1.54) is 0 Å². The third-order valence-electron chi connectivity index (χ3n) is 3.64. The van der Waals surface area contributed by atoms with Crippen molar-refractivity contribution in [3.8, 4) is 5.75 Å². The lowest BCUT2D eigenvalue weighted by Gasteiger charge is -2.14. The first-order chi connectivity index (χ1) is 9.40. The van der Waals surface area contributed by atoms with Crippen LogP contribution in [-0.4, -0.2) is 18.1 Å². The van der Waals surface area contributed by atoms with Gasteiger partial charge in [0.15, 0.2) is 0 Å². The van der Waals surface area contributed by atoms with E-state index in [1.807, 2.05) is 25.1 Å². The molecule has 4 nitrogen and oxygen atoms in total. The summed E-state index contributed by atoms with van der Waals surface area (Å²) in [6.07, 6.45) is 2.55. The normalized spacial score (nSPS) is 16.1. The molecule has 0 bridgehead atoms. The summed E-state index contributed by atoms with van der Waals surface area (Å²) in [5, 5.41) is 2.87. The molecule has 0 heterocycles. The van der Waals surface area contributed by atoms with Crippen LogP contribution in [0.3, 0.4) is 0 Å². The molecule has 0 spiro atoms. The van der Waals surface area contributed by atoms with E-state index in [9.17, 15) is 4.79 Å². The minimum Gasteiger partial charge on any atom is -0.493 e. The highest BCUT2D eigenvalue weighted by molar-refractivity contribution is 6.00. The Kier molecular flexibility index (Phi) is 4.33. The number of ether oxygens (including phenoxy) is 1. The van der Waals surface area contributed by atoms with E-state index in [-0.39, 0.29) is 5.91 Å². The van der Waals surface area contributed by atoms with E-state index >= 15 is 0 Å². The molecule has 1 aromatic carbocycles. The van der Waals surface area contributed by atoms with E-state index < -0.39 is 5.54 Å². The van der Waals surface area contributed by atoms with Gasteiger partial charge in [0.05, 0.1) is 12.1 Å². The molecule has 1 aliphatic rings. The van der Waals surface area contributed by atoms with Crippen LogP contribution in [0.2, 0.25) is 0 Å². The molecule has 3 N–H and O–H groups in total. The van der Waals surface area contributed by atoms with Crippen molar-refractivity contribution >= 4 is 11.6 Å². The van der Waals surface area contributed by atoms with Crippen LogP contribution < -0.4 is 15.8 Å². The van der Waals surface area contributed by atoms with Crippen LogP contribution in [0.15, 0.2) is 18.2 Å². The zero-order valence-electron chi connectivity index (χ0n) is 12.5. The van der Waals surface area contributed by atoms with Crippen LogP contribution in [0, 0.1) is 12.8 Å². The Morgan fingerprint density at radius 1 is 1.45 bits per heavy atom. The number of rotatable bonds is 6. The number of carbonyl (C=O) groups excluding carboxylic acids is 1. The molecule has 1 saturated carbocycles. The summed E-state index contributed by atoms with van der Waals surface area (Å²) in [4.78, 5) is 11.9. The van der Waals surface area contributed by atoms with Gasteiger partial charge < -0.3 is 15.8 Å². The first-order valence-corrected chi connectivity index (χ1v) is 7.24. The quantitative estimate of drug-likeness (QED) is 0.839. The summed E-state index contributed by atoms with van der Waals surface area (Å²) in [6, 6.07) is 5.71. The molecule has 0 aliphatic heterocycles. The summed E-state index contributed by atoms with van der Waals surface area (Å²) >= 11 is 0. The summed E-state index contributed by atoms with van der Waals surface area (Å²) in [6.45, 7) is 7.03. The van der Waals surface area contributed by atoms with Gasteiger partial charge in [0.25, 0.3) is 0 Å². The molecule has 1 fully saturated rings. The summed E-state index contributed by atoms with van der Waals surface area (Å²) < 4.78 is 5.79. The second-order valence-corrected chi connectivity index (χ2v) is 6.12. The van der Waals surface area contributed by atoms with Gasteiger partial charge >= 0.3 is 0 Å². The number of hydrogen-bond donors (Lipinski definition) is 2. The lowest BCUT2D eigenvalue weighted by atomic mass is 10.1. The van der Waals surface area contributed by atoms with Crippen LogP contribution in [0.4, 0.5) is 5.69 Å². The fraction of sp³-hybridized carbons (Fsp3) is 0.562. The van der Waals surface area contributed by atoms with Crippen LogP contribution in [0.25, 0.3) is 0 Å². The maximum atomic E-state index is 11.9. The molecule has 1 aromatic rings. The van der Waals surface area contributed by atoms with Crippen molar-refractivity contribution in [2.45, 2.75) is 45.6 Å². The SMILES string of the molecule is Cc1ccc(NC(=O)C2(N)CC2)cc1OCCC(C)C. The average molecular weight is 276 g/mol. The molecule has 0 aromatic heterocycles. The largest absolute Gasteiger partial charge is 0.493 e. The van der Waals surface area contributed by atoms with Crippen LogP contribution in [0.5, 0.6) is 5.75 Å². The number of nitrogens with two attached hydrogens (primary N) is 1. The molecule has 110 valence electrons. The molecule has 2 rings (SSSR count). The van der Waals surface area contributed by atoms with E-state index in [0.29, 0.717) is 12.5 Å². The Bertz CT molecular complexity index is 493. The lowest BCUT2D eigenvalue weighted by Crippen LogP contribution is -2.37. The van der Waals surface area contributed by atoms with Crippen LogP contribution in [-0.2, 0) is 4.79 Å². The van der Waals surface area contributed by atoms with E-state index in [2.05, 4.69) is 19.2 Å². The Morgan fingerprint density at radius 2 is 2.15 bits per heavy atom. The predicted octanol–water partition coefficient (Wildman–Crippen LogP) is 2.85. The van der Waals surface area contributed by atoms with Gasteiger partial charge in [0.2, 0.25) is 5.91 Å². The van der Waals surface area contributed by atoms with Crippen molar-refractivity contribution in [1.82, 2.24) is 0 Å². The van der Waals surface area contributed by atoms with Crippen molar-refractivity contribution in [3.05, 3.63) is 23.8 Å². The Labute approximate surface area is 120 Å². The van der Waals surface area contributed by atoms with E-state index in [0.717, 1.165) is 36.3 Å². The van der Waals surface area contributed by atoms with Gasteiger partial charge in [-0.25, -0.2) is 0 Å². The topological polar surface area (TPSA) is 64.4 Å². The summed E-state index contributed by atoms with van der Waals surface area (Å²) in [5.41, 5.74) is 7.04. The monoisotopic (exact) mass is 276 g/mol. The van der Waals surface area contributed by atoms with E-state index in [1.54, 1.807) is 0 Å². The highest BCUT2D eigenvalue weighted by Crippen LogP contribution is 2.33. The molecule has 1 aliphatic carbocycles. The molecule has 4 heteroatoms. The minimum atomic E-state index is -0.649. The fourth-order valence-electron chi connectivity index (χ4n) is 1.86. The molecular weight excluding hydrogens is 252 g/mol. The highest BCUT2D eigenvalue weighted by Gasteiger charge is 2.45. The Balaban J connectivity index is 1.98. The lowest BCUT2D eigenvalue weighted by molar-refractivity contribution is -0.118. The number of nitrogens with one attached hydrogen (secondary N) is 1. The van der Waals surface area contributed by atoms with Crippen molar-refractivity contribution in [1.29, 1.82) is 0 Å². The highest BCUT2D eigenvalue weighted by atomic mass is 16.5. The molecular formula is C16H24N2O2. The van der Waals surface area contributed by atoms with Crippen molar-refractivity contribution in [3.63, 3.8) is 0 Å². The maximum Gasteiger partial charge on any atom is 0.244 e. The number of aryl methyl sites for hydroxylation is 1. The maximum absolute atomic E-state index is 11.9. The fourth-order valence-corrected chi connectivity index (χ4v) is 1.86. The molecule has 0 unspecified atom stereocenters. The Hall–Kier alpha value is -1.55.